The predicted molar refractivity (Wildman–Crippen MR) is 230 cm³/mol. The Morgan fingerprint density at radius 2 is 0.966 bits per heavy atom. The molecule has 0 heterocycles. The Morgan fingerprint density at radius 1 is 0.542 bits per heavy atom. The lowest BCUT2D eigenvalue weighted by atomic mass is 9.85. The lowest BCUT2D eigenvalue weighted by Gasteiger charge is -2.41. The molecule has 8 atom stereocenters. The van der Waals surface area contributed by atoms with E-state index in [0.29, 0.717) is 25.7 Å². The van der Waals surface area contributed by atoms with Crippen LogP contribution < -0.4 is 0 Å². The number of rotatable bonds is 30. The zero-order chi connectivity index (χ0) is 43.6. The molecule has 0 aromatic carbocycles. The molecule has 13 nitrogen and oxygen atoms in total. The van der Waals surface area contributed by atoms with Crippen LogP contribution in [0.1, 0.15) is 90.9 Å². The van der Waals surface area contributed by atoms with Crippen molar-refractivity contribution in [1.29, 1.82) is 0 Å². The van der Waals surface area contributed by atoms with Gasteiger partial charge in [0.25, 0.3) is 0 Å². The van der Waals surface area contributed by atoms with E-state index in [4.69, 9.17) is 18.5 Å². The molecule has 1 rings (SSSR count). The zero-order valence-electron chi connectivity index (χ0n) is 34.5. The van der Waals surface area contributed by atoms with Crippen LogP contribution in [0.5, 0.6) is 0 Å². The predicted octanol–water partition coefficient (Wildman–Crippen LogP) is 7.04. The highest BCUT2D eigenvalue weighted by Crippen LogP contribution is 2.47. The molecule has 1 aliphatic carbocycles. The fraction of sp³-hybridized carbons (Fsp3) is 0.511. The summed E-state index contributed by atoms with van der Waals surface area (Å²) in [5, 5.41) is 50.0. The molecule has 6 N–H and O–H groups in total. The van der Waals surface area contributed by atoms with Crippen LogP contribution in [0.3, 0.4) is 0 Å². The number of aliphatic hydroxyl groups is 5. The molecule has 1 aliphatic rings. The molecule has 0 bridgehead atoms. The maximum Gasteiger partial charge on any atom is 0.472 e. The van der Waals surface area contributed by atoms with Gasteiger partial charge in [0.2, 0.25) is 0 Å². The van der Waals surface area contributed by atoms with Gasteiger partial charge < -0.3 is 39.9 Å². The van der Waals surface area contributed by atoms with Crippen molar-refractivity contribution < 1.29 is 63.1 Å². The normalized spacial score (nSPS) is 23.6. The van der Waals surface area contributed by atoms with Crippen molar-refractivity contribution in [3.63, 3.8) is 0 Å². The van der Waals surface area contributed by atoms with Crippen LogP contribution in [0.2, 0.25) is 0 Å². The maximum atomic E-state index is 12.8. The maximum absolute atomic E-state index is 12.8. The second-order valence-electron chi connectivity index (χ2n) is 13.5. The van der Waals surface area contributed by atoms with E-state index in [2.05, 4.69) is 62.5 Å². The third-order valence-electron chi connectivity index (χ3n) is 8.43. The number of phosphoric acid groups is 1. The number of hydrogen-bond acceptors (Lipinski definition) is 12. The Bertz CT molecular complexity index is 1490. The fourth-order valence-corrected chi connectivity index (χ4v) is 6.15. The molecule has 14 heteroatoms. The topological polar surface area (TPSA) is 210 Å². The number of phosphoric ester groups is 1. The molecule has 0 aromatic rings. The second kappa shape index (κ2) is 34.0. The van der Waals surface area contributed by atoms with Gasteiger partial charge in [-0.1, -0.05) is 135 Å². The molecule has 0 aromatic heterocycles. The van der Waals surface area contributed by atoms with Gasteiger partial charge in [-0.2, -0.15) is 0 Å². The van der Waals surface area contributed by atoms with Gasteiger partial charge in [-0.3, -0.25) is 18.6 Å². The van der Waals surface area contributed by atoms with E-state index in [0.717, 1.165) is 38.5 Å². The lowest BCUT2D eigenvalue weighted by Crippen LogP contribution is -2.64. The lowest BCUT2D eigenvalue weighted by molar-refractivity contribution is -0.220. The number of unbranched alkanes of at least 4 members (excludes halogenated alkanes) is 2. The summed E-state index contributed by atoms with van der Waals surface area (Å²) in [5.74, 6) is -1.27. The summed E-state index contributed by atoms with van der Waals surface area (Å²) in [4.78, 5) is 35.5. The molecular weight excluding hydrogens is 779 g/mol. The molecule has 1 saturated carbocycles. The average molecular weight is 847 g/mol. The number of hydrogen-bond donors (Lipinski definition) is 6. The minimum absolute atomic E-state index is 0.0203. The highest BCUT2D eigenvalue weighted by Gasteiger charge is 2.51. The Kier molecular flexibility index (Phi) is 30.7. The summed E-state index contributed by atoms with van der Waals surface area (Å²) in [6, 6.07) is 0. The summed E-state index contributed by atoms with van der Waals surface area (Å²) < 4.78 is 33.2. The van der Waals surface area contributed by atoms with Crippen LogP contribution in [0.4, 0.5) is 0 Å². The minimum atomic E-state index is -5.16. The van der Waals surface area contributed by atoms with Crippen molar-refractivity contribution in [3.05, 3.63) is 122 Å². The zero-order valence-corrected chi connectivity index (χ0v) is 35.4. The van der Waals surface area contributed by atoms with Crippen molar-refractivity contribution in [1.82, 2.24) is 0 Å². The first-order chi connectivity index (χ1) is 28.4. The molecule has 1 fully saturated rings. The van der Waals surface area contributed by atoms with Gasteiger partial charge in [-0.05, 0) is 64.2 Å². The molecule has 0 aliphatic heterocycles. The number of carbonyl (C=O) groups is 2. The molecule has 0 radical (unpaired) electrons. The van der Waals surface area contributed by atoms with Gasteiger partial charge in [-0.25, -0.2) is 4.57 Å². The smallest absolute Gasteiger partial charge is 0.462 e. The van der Waals surface area contributed by atoms with Gasteiger partial charge >= 0.3 is 19.8 Å². The van der Waals surface area contributed by atoms with Gasteiger partial charge in [0.15, 0.2) is 6.10 Å². The molecule has 0 amide bonds. The first-order valence-corrected chi connectivity index (χ1v) is 21.9. The number of aliphatic hydroxyl groups excluding tert-OH is 5. The van der Waals surface area contributed by atoms with E-state index in [1.807, 2.05) is 72.9 Å². The molecule has 7 unspecified atom stereocenters. The summed E-state index contributed by atoms with van der Waals surface area (Å²) in [7, 11) is -5.16. The second-order valence-corrected chi connectivity index (χ2v) is 14.9. The van der Waals surface area contributed by atoms with Crippen LogP contribution in [0.15, 0.2) is 122 Å². The highest BCUT2D eigenvalue weighted by molar-refractivity contribution is 7.47. The molecule has 59 heavy (non-hydrogen) atoms. The number of carbonyl (C=O) groups excluding carboxylic acids is 2. The van der Waals surface area contributed by atoms with E-state index in [1.165, 1.54) is 0 Å². The van der Waals surface area contributed by atoms with Crippen LogP contribution >= 0.6 is 7.82 Å². The first kappa shape index (κ1) is 53.3. The van der Waals surface area contributed by atoms with Gasteiger partial charge in [0, 0.05) is 12.8 Å². The van der Waals surface area contributed by atoms with E-state index in [9.17, 15) is 44.6 Å². The fourth-order valence-electron chi connectivity index (χ4n) is 5.17. The number of allylic oxidation sites excluding steroid dienone is 20. The molecule has 330 valence electrons. The standard InChI is InChI=1S/C45H67O13P/c1-3-5-7-9-11-13-15-17-18-19-20-22-23-25-27-29-31-33-38(46)55-35-37(36-56-59(53,54)58-45-43(51)41(49)40(48)42(50)44(45)52)57-39(47)34-32-30-28-26-24-21-16-14-12-10-8-6-4-2/h5-8,10-14,16-18,20-22,24-28,37,40-45,48-52H,3-4,9,15,19,23,29-36H2,1-2H3,(H,53,54)/b7-5+,8-6+,12-10+,13-11+,16-14+,18-17+,22-20+,24-21+,27-25+,28-26+/t37?,40?,41-,42?,43?,44?,45?/m0/s1. The number of esters is 2. The van der Waals surface area contributed by atoms with Gasteiger partial charge in [-0.15, -0.1) is 0 Å². The Balaban J connectivity index is 2.62. The Morgan fingerprint density at radius 3 is 1.49 bits per heavy atom. The van der Waals surface area contributed by atoms with Crippen LogP contribution in [0, 0.1) is 0 Å². The average Bonchev–Trinajstić information content (AvgIpc) is 3.21. The van der Waals surface area contributed by atoms with Crippen LogP contribution in [0.25, 0.3) is 0 Å². The van der Waals surface area contributed by atoms with Crippen LogP contribution in [-0.2, 0) is 32.7 Å². The van der Waals surface area contributed by atoms with E-state index in [-0.39, 0.29) is 12.8 Å². The summed E-state index contributed by atoms with van der Waals surface area (Å²) >= 11 is 0. The third kappa shape index (κ3) is 26.9. The van der Waals surface area contributed by atoms with Crippen molar-refractivity contribution in [2.45, 2.75) is 134 Å². The van der Waals surface area contributed by atoms with E-state index in [1.54, 1.807) is 0 Å². The summed E-state index contributed by atoms with van der Waals surface area (Å²) in [6.07, 6.45) is 34.3. The van der Waals surface area contributed by atoms with Crippen molar-refractivity contribution in [2.75, 3.05) is 13.2 Å². The Hall–Kier alpha value is -3.75. The SMILES string of the molecule is CC/C=C/C=C/C=C/C=C/C=C/CCCC(=O)OC(COC(=O)CCC/C=C/C/C=C/C/C=C/C/C=C/C/C=C/CC)COP(=O)(O)OC1C(O)C(O)C(O)[C@H](O)C1O. The monoisotopic (exact) mass is 846 g/mol. The van der Waals surface area contributed by atoms with E-state index >= 15 is 0 Å². The minimum Gasteiger partial charge on any atom is -0.462 e. The summed E-state index contributed by atoms with van der Waals surface area (Å²) in [6.45, 7) is 2.88. The van der Waals surface area contributed by atoms with Gasteiger partial charge in [0.1, 0.15) is 43.2 Å². The molecule has 0 spiro atoms. The summed E-state index contributed by atoms with van der Waals surface area (Å²) in [5.41, 5.74) is 0. The third-order valence-corrected chi connectivity index (χ3v) is 9.41. The van der Waals surface area contributed by atoms with Crippen molar-refractivity contribution in [2.24, 2.45) is 0 Å². The quantitative estimate of drug-likeness (QED) is 0.0141. The Labute approximate surface area is 350 Å². The number of ether oxygens (including phenoxy) is 2. The first-order valence-electron chi connectivity index (χ1n) is 20.4. The van der Waals surface area contributed by atoms with Crippen LogP contribution in [-0.4, -0.2) is 98.3 Å². The van der Waals surface area contributed by atoms with Crippen molar-refractivity contribution >= 4 is 19.8 Å². The van der Waals surface area contributed by atoms with E-state index < -0.39 is 75.7 Å². The highest BCUT2D eigenvalue weighted by atomic mass is 31.2. The largest absolute Gasteiger partial charge is 0.472 e. The molecule has 0 saturated heterocycles. The molecular formula is C45H67O13P. The van der Waals surface area contributed by atoms with Crippen molar-refractivity contribution in [3.8, 4) is 0 Å². The van der Waals surface area contributed by atoms with Gasteiger partial charge in [0.05, 0.1) is 6.61 Å².